The van der Waals surface area contributed by atoms with E-state index in [4.69, 9.17) is 9.47 Å². The summed E-state index contributed by atoms with van der Waals surface area (Å²) < 4.78 is 11.2. The number of ether oxygens (including phenoxy) is 2. The normalized spacial score (nSPS) is 20.0. The van der Waals surface area contributed by atoms with E-state index in [2.05, 4.69) is 17.4 Å². The van der Waals surface area contributed by atoms with E-state index in [0.717, 1.165) is 18.0 Å². The summed E-state index contributed by atoms with van der Waals surface area (Å²) in [5.41, 5.74) is 1.29. The molecule has 3 nitrogen and oxygen atoms in total. The molecule has 0 radical (unpaired) electrons. The largest absolute Gasteiger partial charge is 0.486 e. The zero-order chi connectivity index (χ0) is 12.9. The Balaban J connectivity index is 1.57. The van der Waals surface area contributed by atoms with Crippen molar-refractivity contribution in [2.24, 2.45) is 0 Å². The molecule has 0 spiro atoms. The Kier molecular flexibility index (Phi) is 4.23. The molecule has 0 unspecified atom stereocenters. The standard InChI is InChI=1S/C16H23NO2/c1-2-4-6-14(5-3-1)17-12-13-7-8-15-16(11-13)19-10-9-18-15/h7-8,11,14,17H,1-6,9-10,12H2. The summed E-state index contributed by atoms with van der Waals surface area (Å²) in [6.07, 6.45) is 8.21. The summed E-state index contributed by atoms with van der Waals surface area (Å²) in [6, 6.07) is 6.96. The molecule has 1 aliphatic carbocycles. The van der Waals surface area contributed by atoms with E-state index in [1.54, 1.807) is 0 Å². The average molecular weight is 261 g/mol. The molecule has 104 valence electrons. The van der Waals surface area contributed by atoms with Crippen LogP contribution in [0.15, 0.2) is 18.2 Å². The highest BCUT2D eigenvalue weighted by molar-refractivity contribution is 5.43. The molecule has 1 fully saturated rings. The Labute approximate surface area is 115 Å². The third-order valence-corrected chi connectivity index (χ3v) is 4.06. The highest BCUT2D eigenvalue weighted by Crippen LogP contribution is 2.30. The highest BCUT2D eigenvalue weighted by atomic mass is 16.6. The van der Waals surface area contributed by atoms with Gasteiger partial charge in [0.05, 0.1) is 0 Å². The van der Waals surface area contributed by atoms with Gasteiger partial charge in [-0.3, -0.25) is 0 Å². The van der Waals surface area contributed by atoms with Crippen LogP contribution in [0.1, 0.15) is 44.1 Å². The van der Waals surface area contributed by atoms with Gasteiger partial charge in [-0.2, -0.15) is 0 Å². The molecule has 0 aromatic heterocycles. The molecule has 1 heterocycles. The molecule has 2 aliphatic rings. The van der Waals surface area contributed by atoms with Gasteiger partial charge in [0.2, 0.25) is 0 Å². The van der Waals surface area contributed by atoms with Gasteiger partial charge in [-0.05, 0) is 30.5 Å². The third kappa shape index (κ3) is 3.41. The Morgan fingerprint density at radius 3 is 2.47 bits per heavy atom. The Hall–Kier alpha value is -1.22. The van der Waals surface area contributed by atoms with Crippen molar-refractivity contribution in [3.8, 4) is 11.5 Å². The van der Waals surface area contributed by atoms with Crippen LogP contribution < -0.4 is 14.8 Å². The van der Waals surface area contributed by atoms with Gasteiger partial charge >= 0.3 is 0 Å². The van der Waals surface area contributed by atoms with Crippen LogP contribution in [0, 0.1) is 0 Å². The SMILES string of the molecule is c1cc2c(cc1CNC1CCCCCC1)OCCO2. The minimum atomic E-state index is 0.659. The zero-order valence-corrected chi connectivity index (χ0v) is 11.5. The van der Waals surface area contributed by atoms with Crippen LogP contribution in [-0.2, 0) is 6.54 Å². The highest BCUT2D eigenvalue weighted by Gasteiger charge is 2.14. The lowest BCUT2D eigenvalue weighted by Gasteiger charge is -2.20. The van der Waals surface area contributed by atoms with E-state index in [9.17, 15) is 0 Å². The monoisotopic (exact) mass is 261 g/mol. The molecule has 1 saturated carbocycles. The van der Waals surface area contributed by atoms with Crippen molar-refractivity contribution in [2.45, 2.75) is 51.1 Å². The van der Waals surface area contributed by atoms with Crippen molar-refractivity contribution in [1.82, 2.24) is 5.32 Å². The maximum Gasteiger partial charge on any atom is 0.161 e. The number of fused-ring (bicyclic) bond motifs is 1. The third-order valence-electron chi connectivity index (χ3n) is 4.06. The lowest BCUT2D eigenvalue weighted by atomic mass is 10.1. The van der Waals surface area contributed by atoms with Crippen LogP contribution in [-0.4, -0.2) is 19.3 Å². The fourth-order valence-electron chi connectivity index (χ4n) is 2.94. The first-order chi connectivity index (χ1) is 9.42. The molecule has 1 aromatic rings. The van der Waals surface area contributed by atoms with Crippen LogP contribution in [0.5, 0.6) is 11.5 Å². The molecule has 1 N–H and O–H groups in total. The molecule has 0 saturated heterocycles. The number of nitrogens with one attached hydrogen (secondary N) is 1. The molecule has 1 aliphatic heterocycles. The quantitative estimate of drug-likeness (QED) is 0.847. The predicted octanol–water partition coefficient (Wildman–Crippen LogP) is 3.27. The van der Waals surface area contributed by atoms with Gasteiger partial charge in [0.15, 0.2) is 11.5 Å². The van der Waals surface area contributed by atoms with E-state index in [0.29, 0.717) is 19.3 Å². The molecular weight excluding hydrogens is 238 g/mol. The second-order valence-corrected chi connectivity index (χ2v) is 5.55. The number of hydrogen-bond donors (Lipinski definition) is 1. The van der Waals surface area contributed by atoms with Crippen molar-refractivity contribution in [2.75, 3.05) is 13.2 Å². The molecule has 3 heteroatoms. The average Bonchev–Trinajstić information content (AvgIpc) is 2.73. The molecule has 0 bridgehead atoms. The van der Waals surface area contributed by atoms with Gasteiger partial charge in [0.25, 0.3) is 0 Å². The van der Waals surface area contributed by atoms with Gasteiger partial charge in [-0.25, -0.2) is 0 Å². The molecule has 3 rings (SSSR count). The van der Waals surface area contributed by atoms with Gasteiger partial charge in [0, 0.05) is 12.6 Å². The Bertz CT molecular complexity index is 411. The predicted molar refractivity (Wildman–Crippen MR) is 75.8 cm³/mol. The van der Waals surface area contributed by atoms with Gasteiger partial charge in [0.1, 0.15) is 13.2 Å². The Morgan fingerprint density at radius 2 is 1.68 bits per heavy atom. The second-order valence-electron chi connectivity index (χ2n) is 5.55. The van der Waals surface area contributed by atoms with Crippen LogP contribution in [0.2, 0.25) is 0 Å². The lowest BCUT2D eigenvalue weighted by Crippen LogP contribution is -2.27. The summed E-state index contributed by atoms with van der Waals surface area (Å²) >= 11 is 0. The van der Waals surface area contributed by atoms with Crippen molar-refractivity contribution in [3.63, 3.8) is 0 Å². The second kappa shape index (κ2) is 6.29. The van der Waals surface area contributed by atoms with Gasteiger partial charge in [-0.1, -0.05) is 31.7 Å². The first-order valence-corrected chi connectivity index (χ1v) is 7.54. The summed E-state index contributed by atoms with van der Waals surface area (Å²) in [7, 11) is 0. The van der Waals surface area contributed by atoms with Crippen molar-refractivity contribution >= 4 is 0 Å². The minimum absolute atomic E-state index is 0.659. The summed E-state index contributed by atoms with van der Waals surface area (Å²) in [6.45, 7) is 2.25. The summed E-state index contributed by atoms with van der Waals surface area (Å²) in [4.78, 5) is 0. The summed E-state index contributed by atoms with van der Waals surface area (Å²) in [5.74, 6) is 1.77. The van der Waals surface area contributed by atoms with E-state index in [-0.39, 0.29) is 0 Å². The minimum Gasteiger partial charge on any atom is -0.486 e. The van der Waals surface area contributed by atoms with Crippen LogP contribution in [0.3, 0.4) is 0 Å². The fraction of sp³-hybridized carbons (Fsp3) is 0.625. The van der Waals surface area contributed by atoms with Crippen LogP contribution in [0.4, 0.5) is 0 Å². The van der Waals surface area contributed by atoms with E-state index < -0.39 is 0 Å². The molecule has 1 aromatic carbocycles. The van der Waals surface area contributed by atoms with Crippen LogP contribution in [0.25, 0.3) is 0 Å². The smallest absolute Gasteiger partial charge is 0.161 e. The Morgan fingerprint density at radius 1 is 0.947 bits per heavy atom. The van der Waals surface area contributed by atoms with E-state index in [1.807, 2.05) is 6.07 Å². The molecule has 0 amide bonds. The number of rotatable bonds is 3. The van der Waals surface area contributed by atoms with Crippen molar-refractivity contribution in [3.05, 3.63) is 23.8 Å². The lowest BCUT2D eigenvalue weighted by molar-refractivity contribution is 0.171. The topological polar surface area (TPSA) is 30.5 Å². The maximum atomic E-state index is 5.62. The molecular formula is C16H23NO2. The fourth-order valence-corrected chi connectivity index (χ4v) is 2.94. The first-order valence-electron chi connectivity index (χ1n) is 7.54. The number of hydrogen-bond acceptors (Lipinski definition) is 3. The van der Waals surface area contributed by atoms with E-state index >= 15 is 0 Å². The maximum absolute atomic E-state index is 5.62. The molecule has 0 atom stereocenters. The summed E-state index contributed by atoms with van der Waals surface area (Å²) in [5, 5.41) is 3.69. The van der Waals surface area contributed by atoms with Gasteiger partial charge < -0.3 is 14.8 Å². The number of benzene rings is 1. The van der Waals surface area contributed by atoms with Crippen molar-refractivity contribution < 1.29 is 9.47 Å². The van der Waals surface area contributed by atoms with E-state index in [1.165, 1.54) is 44.1 Å². The zero-order valence-electron chi connectivity index (χ0n) is 11.5. The van der Waals surface area contributed by atoms with Gasteiger partial charge in [-0.15, -0.1) is 0 Å². The van der Waals surface area contributed by atoms with Crippen LogP contribution >= 0.6 is 0 Å². The first kappa shape index (κ1) is 12.8. The van der Waals surface area contributed by atoms with Crippen molar-refractivity contribution in [1.29, 1.82) is 0 Å². The molecule has 19 heavy (non-hydrogen) atoms.